The molecule has 1 amide bonds. The number of rotatable bonds is 6. The second kappa shape index (κ2) is 7.68. The zero-order valence-electron chi connectivity index (χ0n) is 14.5. The van der Waals surface area contributed by atoms with Crippen molar-refractivity contribution in [3.63, 3.8) is 0 Å². The van der Waals surface area contributed by atoms with Crippen LogP contribution in [-0.2, 0) is 0 Å². The summed E-state index contributed by atoms with van der Waals surface area (Å²) < 4.78 is 0. The molecule has 0 bridgehead atoms. The van der Waals surface area contributed by atoms with E-state index in [-0.39, 0.29) is 11.7 Å². The first kappa shape index (κ1) is 17.6. The Hall–Kier alpha value is -2.76. The summed E-state index contributed by atoms with van der Waals surface area (Å²) in [4.78, 5) is 34.3. The molecule has 6 nitrogen and oxygen atoms in total. The zero-order valence-corrected chi connectivity index (χ0v) is 14.5. The Morgan fingerprint density at radius 1 is 1.12 bits per heavy atom. The number of aromatic nitrogens is 2. The Kier molecular flexibility index (Phi) is 5.63. The molecule has 24 heavy (non-hydrogen) atoms. The first-order chi connectivity index (χ1) is 11.4. The second-order valence-corrected chi connectivity index (χ2v) is 5.46. The van der Waals surface area contributed by atoms with E-state index in [4.69, 9.17) is 0 Å². The number of carbonyl (C=O) groups excluding carboxylic acids is 2. The van der Waals surface area contributed by atoms with Crippen LogP contribution in [0, 0.1) is 6.92 Å². The van der Waals surface area contributed by atoms with Crippen LogP contribution in [0.4, 0.5) is 11.6 Å². The molecular formula is C18H22N4O2. The smallest absolute Gasteiger partial charge is 0.272 e. The summed E-state index contributed by atoms with van der Waals surface area (Å²) in [5.74, 6) is 0.207. The average molecular weight is 326 g/mol. The number of carbonyl (C=O) groups is 2. The maximum Gasteiger partial charge on any atom is 0.272 e. The lowest BCUT2D eigenvalue weighted by molar-refractivity contribution is 0.0766. The Balaban J connectivity index is 2.30. The van der Waals surface area contributed by atoms with E-state index in [0.29, 0.717) is 41.7 Å². The topological polar surface area (TPSA) is 75.2 Å². The first-order valence-electron chi connectivity index (χ1n) is 7.97. The van der Waals surface area contributed by atoms with Crippen molar-refractivity contribution in [1.29, 1.82) is 0 Å². The average Bonchev–Trinajstić information content (AvgIpc) is 2.55. The SMILES string of the molecule is CCN(CC)C(=O)c1cc(C)nc(Nc2cccc(C(C)=O)c2)n1. The number of Topliss-reactive ketones (excluding diaryl/α,β-unsaturated/α-hetero) is 1. The molecule has 1 N–H and O–H groups in total. The molecule has 0 aliphatic carbocycles. The fraction of sp³-hybridized carbons (Fsp3) is 0.333. The number of aryl methyl sites for hydroxylation is 1. The maximum atomic E-state index is 12.5. The van der Waals surface area contributed by atoms with E-state index >= 15 is 0 Å². The van der Waals surface area contributed by atoms with E-state index in [0.717, 1.165) is 0 Å². The van der Waals surface area contributed by atoms with Gasteiger partial charge in [0.1, 0.15) is 5.69 Å². The summed E-state index contributed by atoms with van der Waals surface area (Å²) in [6, 6.07) is 8.78. The summed E-state index contributed by atoms with van der Waals surface area (Å²) in [6.45, 7) is 8.45. The van der Waals surface area contributed by atoms with Gasteiger partial charge in [0.25, 0.3) is 5.91 Å². The van der Waals surface area contributed by atoms with E-state index in [1.54, 1.807) is 29.2 Å². The molecule has 0 saturated heterocycles. The predicted octanol–water partition coefficient (Wildman–Crippen LogP) is 3.21. The highest BCUT2D eigenvalue weighted by atomic mass is 16.2. The molecule has 0 unspecified atom stereocenters. The zero-order chi connectivity index (χ0) is 17.7. The van der Waals surface area contributed by atoms with Gasteiger partial charge in [0.2, 0.25) is 5.95 Å². The van der Waals surface area contributed by atoms with Gasteiger partial charge in [-0.2, -0.15) is 0 Å². The van der Waals surface area contributed by atoms with Crippen LogP contribution in [0.25, 0.3) is 0 Å². The molecule has 0 spiro atoms. The molecule has 0 saturated carbocycles. The highest BCUT2D eigenvalue weighted by molar-refractivity contribution is 5.95. The fourth-order valence-corrected chi connectivity index (χ4v) is 2.35. The first-order valence-corrected chi connectivity index (χ1v) is 7.97. The van der Waals surface area contributed by atoms with Crippen molar-refractivity contribution in [2.75, 3.05) is 18.4 Å². The number of amides is 1. The van der Waals surface area contributed by atoms with E-state index in [1.165, 1.54) is 6.92 Å². The third-order valence-corrected chi connectivity index (χ3v) is 3.65. The molecule has 1 heterocycles. The Morgan fingerprint density at radius 3 is 2.46 bits per heavy atom. The number of ketones is 1. The number of hydrogen-bond acceptors (Lipinski definition) is 5. The standard InChI is InChI=1S/C18H22N4O2/c1-5-22(6-2)17(24)16-10-12(3)19-18(21-16)20-15-9-7-8-14(11-15)13(4)23/h7-11H,5-6H2,1-4H3,(H,19,20,21). The van der Waals surface area contributed by atoms with E-state index in [2.05, 4.69) is 15.3 Å². The lowest BCUT2D eigenvalue weighted by atomic mass is 10.1. The van der Waals surface area contributed by atoms with E-state index in [1.807, 2.05) is 26.8 Å². The minimum absolute atomic E-state index is 0.0128. The summed E-state index contributed by atoms with van der Waals surface area (Å²) in [7, 11) is 0. The summed E-state index contributed by atoms with van der Waals surface area (Å²) >= 11 is 0. The van der Waals surface area contributed by atoms with Crippen molar-refractivity contribution in [3.05, 3.63) is 47.3 Å². The molecule has 1 aromatic carbocycles. The third kappa shape index (κ3) is 4.16. The van der Waals surface area contributed by atoms with Crippen LogP contribution in [-0.4, -0.2) is 39.6 Å². The molecule has 0 fully saturated rings. The maximum absolute atomic E-state index is 12.5. The van der Waals surface area contributed by atoms with E-state index < -0.39 is 0 Å². The molecule has 0 radical (unpaired) electrons. The monoisotopic (exact) mass is 326 g/mol. The largest absolute Gasteiger partial charge is 0.338 e. The van der Waals surface area contributed by atoms with Gasteiger partial charge in [-0.15, -0.1) is 0 Å². The number of anilines is 2. The van der Waals surface area contributed by atoms with Gasteiger partial charge in [0, 0.05) is 30.0 Å². The molecule has 2 aromatic rings. The van der Waals surface area contributed by atoms with Crippen LogP contribution in [0.3, 0.4) is 0 Å². The third-order valence-electron chi connectivity index (χ3n) is 3.65. The molecular weight excluding hydrogens is 304 g/mol. The van der Waals surface area contributed by atoms with Crippen LogP contribution >= 0.6 is 0 Å². The van der Waals surface area contributed by atoms with Crippen molar-refractivity contribution >= 4 is 23.3 Å². The lowest BCUT2D eigenvalue weighted by Crippen LogP contribution is -2.31. The summed E-state index contributed by atoms with van der Waals surface area (Å²) in [6.07, 6.45) is 0. The van der Waals surface area contributed by atoms with Crippen molar-refractivity contribution in [3.8, 4) is 0 Å². The normalized spacial score (nSPS) is 10.3. The van der Waals surface area contributed by atoms with Crippen LogP contribution < -0.4 is 5.32 Å². The van der Waals surface area contributed by atoms with Gasteiger partial charge in [-0.05, 0) is 45.9 Å². The van der Waals surface area contributed by atoms with Gasteiger partial charge >= 0.3 is 0 Å². The van der Waals surface area contributed by atoms with Crippen molar-refractivity contribution in [2.45, 2.75) is 27.7 Å². The minimum Gasteiger partial charge on any atom is -0.338 e. The van der Waals surface area contributed by atoms with Gasteiger partial charge in [0.05, 0.1) is 0 Å². The Labute approximate surface area is 141 Å². The van der Waals surface area contributed by atoms with Gasteiger partial charge in [-0.25, -0.2) is 9.97 Å². The van der Waals surface area contributed by atoms with Crippen LogP contribution in [0.2, 0.25) is 0 Å². The van der Waals surface area contributed by atoms with Crippen LogP contribution in [0.1, 0.15) is 47.3 Å². The highest BCUT2D eigenvalue weighted by Gasteiger charge is 2.16. The molecule has 0 aliphatic heterocycles. The number of benzene rings is 1. The van der Waals surface area contributed by atoms with Crippen molar-refractivity contribution < 1.29 is 9.59 Å². The molecule has 2 rings (SSSR count). The lowest BCUT2D eigenvalue weighted by Gasteiger charge is -2.18. The van der Waals surface area contributed by atoms with Gasteiger partial charge in [0.15, 0.2) is 5.78 Å². The quantitative estimate of drug-likeness (QED) is 0.825. The van der Waals surface area contributed by atoms with Crippen molar-refractivity contribution in [2.24, 2.45) is 0 Å². The fourth-order valence-electron chi connectivity index (χ4n) is 2.35. The molecule has 1 aromatic heterocycles. The number of nitrogens with one attached hydrogen (secondary N) is 1. The Morgan fingerprint density at radius 2 is 1.83 bits per heavy atom. The predicted molar refractivity (Wildman–Crippen MR) is 93.7 cm³/mol. The van der Waals surface area contributed by atoms with Crippen molar-refractivity contribution in [1.82, 2.24) is 14.9 Å². The molecule has 0 aliphatic rings. The Bertz CT molecular complexity index is 754. The molecule has 126 valence electrons. The van der Waals surface area contributed by atoms with Gasteiger partial charge < -0.3 is 10.2 Å². The van der Waals surface area contributed by atoms with Crippen LogP contribution in [0.15, 0.2) is 30.3 Å². The highest BCUT2D eigenvalue weighted by Crippen LogP contribution is 2.16. The second-order valence-electron chi connectivity index (χ2n) is 5.46. The molecule has 6 heteroatoms. The number of nitrogens with zero attached hydrogens (tertiary/aromatic N) is 3. The van der Waals surface area contributed by atoms with Gasteiger partial charge in [-0.3, -0.25) is 9.59 Å². The minimum atomic E-state index is -0.119. The summed E-state index contributed by atoms with van der Waals surface area (Å²) in [5.41, 5.74) is 2.36. The van der Waals surface area contributed by atoms with Gasteiger partial charge in [-0.1, -0.05) is 12.1 Å². The summed E-state index contributed by atoms with van der Waals surface area (Å²) in [5, 5.41) is 3.07. The molecule has 0 atom stereocenters. The number of hydrogen-bond donors (Lipinski definition) is 1. The van der Waals surface area contributed by atoms with Crippen LogP contribution in [0.5, 0.6) is 0 Å². The van der Waals surface area contributed by atoms with E-state index in [9.17, 15) is 9.59 Å².